The van der Waals surface area contributed by atoms with Crippen LogP contribution in [-0.2, 0) is 6.54 Å². The molecule has 0 saturated heterocycles. The summed E-state index contributed by atoms with van der Waals surface area (Å²) in [4.78, 5) is 31.2. The number of rotatable bonds is 4. The van der Waals surface area contributed by atoms with Gasteiger partial charge in [0.05, 0.1) is 16.7 Å². The summed E-state index contributed by atoms with van der Waals surface area (Å²) in [6, 6.07) is 12.0. The van der Waals surface area contributed by atoms with Gasteiger partial charge in [-0.2, -0.15) is 0 Å². The van der Waals surface area contributed by atoms with Gasteiger partial charge in [0.25, 0.3) is 11.1 Å². The fourth-order valence-electron chi connectivity index (χ4n) is 3.71. The molecule has 4 rings (SSSR count). The first-order valence-electron chi connectivity index (χ1n) is 9.64. The minimum Gasteiger partial charge on any atom is -0.338 e. The zero-order chi connectivity index (χ0) is 20.7. The van der Waals surface area contributed by atoms with Gasteiger partial charge in [0.1, 0.15) is 5.82 Å². The van der Waals surface area contributed by atoms with Gasteiger partial charge in [0, 0.05) is 12.6 Å². The highest BCUT2D eigenvalue weighted by atomic mass is 19.1. The predicted octanol–water partition coefficient (Wildman–Crippen LogP) is 4.14. The molecule has 0 fully saturated rings. The van der Waals surface area contributed by atoms with E-state index in [-0.39, 0.29) is 17.4 Å². The lowest BCUT2D eigenvalue weighted by atomic mass is 9.97. The van der Waals surface area contributed by atoms with Gasteiger partial charge >= 0.3 is 0 Å². The van der Waals surface area contributed by atoms with Gasteiger partial charge in [0.2, 0.25) is 0 Å². The Kier molecular flexibility index (Phi) is 4.78. The van der Waals surface area contributed by atoms with Gasteiger partial charge in [-0.25, -0.2) is 9.37 Å². The van der Waals surface area contributed by atoms with Gasteiger partial charge in [-0.1, -0.05) is 19.1 Å². The van der Waals surface area contributed by atoms with E-state index in [1.807, 2.05) is 43.5 Å². The number of aromatic amines is 1. The lowest BCUT2D eigenvalue weighted by Gasteiger charge is -2.20. The molecule has 1 atom stereocenters. The maximum atomic E-state index is 13.6. The van der Waals surface area contributed by atoms with Crippen LogP contribution in [0.2, 0.25) is 0 Å². The van der Waals surface area contributed by atoms with Crippen molar-refractivity contribution in [1.82, 2.24) is 14.5 Å². The fraction of sp³-hybridized carbons (Fsp3) is 0.261. The van der Waals surface area contributed by atoms with E-state index in [4.69, 9.17) is 0 Å². The standard InChI is InChI=1S/C23H22FN3O2/c1-13(16-5-4-6-17(24)11-16)7-8-27-19-10-15(3)14(2)9-18(19)25-22-20(27)12-21(28)26-23(22)29/h4-6,9-13H,7-8H2,1-3H3,(H,26,28,29). The monoisotopic (exact) mass is 391 g/mol. The summed E-state index contributed by atoms with van der Waals surface area (Å²) in [6.07, 6.45) is 0.718. The number of benzene rings is 2. The van der Waals surface area contributed by atoms with Crippen LogP contribution >= 0.6 is 0 Å². The molecule has 0 amide bonds. The summed E-state index contributed by atoms with van der Waals surface area (Å²) in [7, 11) is 0. The molecule has 1 unspecified atom stereocenters. The van der Waals surface area contributed by atoms with Crippen LogP contribution in [0.3, 0.4) is 0 Å². The molecule has 6 heteroatoms. The van der Waals surface area contributed by atoms with Crippen molar-refractivity contribution in [2.45, 2.75) is 39.7 Å². The molecule has 2 heterocycles. The van der Waals surface area contributed by atoms with Crippen LogP contribution in [0, 0.1) is 19.7 Å². The number of hydrogen-bond acceptors (Lipinski definition) is 3. The quantitative estimate of drug-likeness (QED) is 0.532. The third kappa shape index (κ3) is 3.58. The lowest BCUT2D eigenvalue weighted by Crippen LogP contribution is -2.25. The van der Waals surface area contributed by atoms with Crippen molar-refractivity contribution in [2.24, 2.45) is 0 Å². The molecule has 1 N–H and O–H groups in total. The molecule has 148 valence electrons. The maximum Gasteiger partial charge on any atom is 0.278 e. The number of halogens is 1. The van der Waals surface area contributed by atoms with Gasteiger partial charge in [-0.15, -0.1) is 0 Å². The minimum absolute atomic E-state index is 0.108. The molecule has 0 spiro atoms. The molecule has 2 aromatic rings. The Morgan fingerprint density at radius 3 is 2.62 bits per heavy atom. The number of aromatic nitrogens is 3. The van der Waals surface area contributed by atoms with Crippen LogP contribution in [0.15, 0.2) is 52.1 Å². The van der Waals surface area contributed by atoms with Crippen molar-refractivity contribution in [3.8, 4) is 11.4 Å². The van der Waals surface area contributed by atoms with Crippen LogP contribution in [0.5, 0.6) is 0 Å². The van der Waals surface area contributed by atoms with Crippen LogP contribution in [0.25, 0.3) is 22.4 Å². The van der Waals surface area contributed by atoms with Gasteiger partial charge < -0.3 is 4.57 Å². The molecule has 2 aliphatic heterocycles. The molecular weight excluding hydrogens is 369 g/mol. The van der Waals surface area contributed by atoms with E-state index in [0.717, 1.165) is 28.6 Å². The summed E-state index contributed by atoms with van der Waals surface area (Å²) >= 11 is 0. The van der Waals surface area contributed by atoms with Crippen LogP contribution < -0.4 is 11.1 Å². The number of H-pyrrole nitrogens is 1. The van der Waals surface area contributed by atoms with Crippen LogP contribution in [0.4, 0.5) is 4.39 Å². The van der Waals surface area contributed by atoms with Crippen LogP contribution in [0.1, 0.15) is 36.0 Å². The summed E-state index contributed by atoms with van der Waals surface area (Å²) in [5.41, 5.74) is 4.53. The van der Waals surface area contributed by atoms with E-state index in [1.54, 1.807) is 12.1 Å². The second-order valence-corrected chi connectivity index (χ2v) is 7.63. The van der Waals surface area contributed by atoms with E-state index in [0.29, 0.717) is 17.8 Å². The molecule has 29 heavy (non-hydrogen) atoms. The average Bonchev–Trinajstić information content (AvgIpc) is 2.67. The number of nitrogens with zero attached hydrogens (tertiary/aromatic N) is 2. The van der Waals surface area contributed by atoms with E-state index in [9.17, 15) is 14.0 Å². The first-order chi connectivity index (χ1) is 13.8. The van der Waals surface area contributed by atoms with Crippen molar-refractivity contribution in [3.05, 3.63) is 85.7 Å². The number of fused-ring (bicyclic) bond motifs is 2. The second-order valence-electron chi connectivity index (χ2n) is 7.63. The number of nitrogens with one attached hydrogen (secondary N) is 1. The van der Waals surface area contributed by atoms with Crippen molar-refractivity contribution < 1.29 is 4.39 Å². The third-order valence-corrected chi connectivity index (χ3v) is 5.57. The predicted molar refractivity (Wildman–Crippen MR) is 112 cm³/mol. The summed E-state index contributed by atoms with van der Waals surface area (Å²) in [6.45, 7) is 6.64. The highest BCUT2D eigenvalue weighted by Gasteiger charge is 2.18. The Balaban J connectivity index is 1.85. The van der Waals surface area contributed by atoms with Gasteiger partial charge in [0.15, 0.2) is 5.69 Å². The molecule has 0 aliphatic carbocycles. The van der Waals surface area contributed by atoms with Crippen molar-refractivity contribution in [2.75, 3.05) is 0 Å². The molecular formula is C23H22FN3O2. The van der Waals surface area contributed by atoms with Crippen molar-refractivity contribution in [1.29, 1.82) is 0 Å². The smallest absolute Gasteiger partial charge is 0.278 e. The Bertz CT molecular complexity index is 1310. The number of hydrogen-bond donors (Lipinski definition) is 1. The molecule has 2 aliphatic rings. The normalized spacial score (nSPS) is 12.6. The van der Waals surface area contributed by atoms with Crippen molar-refractivity contribution >= 4 is 11.0 Å². The Morgan fingerprint density at radius 1 is 1.10 bits per heavy atom. The maximum absolute atomic E-state index is 13.6. The average molecular weight is 391 g/mol. The van der Waals surface area contributed by atoms with E-state index >= 15 is 0 Å². The molecule has 5 nitrogen and oxygen atoms in total. The minimum atomic E-state index is -0.487. The topological polar surface area (TPSA) is 67.8 Å². The number of aryl methyl sites for hydroxylation is 3. The van der Waals surface area contributed by atoms with E-state index in [1.165, 1.54) is 12.1 Å². The van der Waals surface area contributed by atoms with E-state index < -0.39 is 11.1 Å². The fourth-order valence-corrected chi connectivity index (χ4v) is 3.71. The highest BCUT2D eigenvalue weighted by molar-refractivity contribution is 5.81. The van der Waals surface area contributed by atoms with Crippen LogP contribution in [-0.4, -0.2) is 14.5 Å². The Morgan fingerprint density at radius 2 is 1.86 bits per heavy atom. The first-order valence-corrected chi connectivity index (χ1v) is 9.64. The Hall–Kier alpha value is -3.28. The SMILES string of the molecule is Cc1cc2nc3c(=O)[nH]c(=O)cc-3n(CCC(C)c3cccc(F)c3)c2cc1C. The molecule has 2 aromatic carbocycles. The summed E-state index contributed by atoms with van der Waals surface area (Å²) < 4.78 is 15.6. The second kappa shape index (κ2) is 7.28. The zero-order valence-electron chi connectivity index (χ0n) is 16.6. The summed E-state index contributed by atoms with van der Waals surface area (Å²) in [5, 5.41) is 0. The molecule has 0 radical (unpaired) electrons. The molecule has 0 saturated carbocycles. The van der Waals surface area contributed by atoms with Crippen molar-refractivity contribution in [3.63, 3.8) is 0 Å². The summed E-state index contributed by atoms with van der Waals surface area (Å²) in [5.74, 6) is -0.146. The van der Waals surface area contributed by atoms with Gasteiger partial charge in [-0.05, 0) is 67.1 Å². The third-order valence-electron chi connectivity index (χ3n) is 5.57. The first kappa shape index (κ1) is 19.1. The lowest BCUT2D eigenvalue weighted by molar-refractivity contribution is 0.578. The largest absolute Gasteiger partial charge is 0.338 e. The Labute approximate surface area is 167 Å². The number of pyridine rings is 1. The molecule has 0 bridgehead atoms. The highest BCUT2D eigenvalue weighted by Crippen LogP contribution is 2.27. The van der Waals surface area contributed by atoms with Gasteiger partial charge in [-0.3, -0.25) is 14.6 Å². The van der Waals surface area contributed by atoms with E-state index in [2.05, 4.69) is 9.97 Å². The zero-order valence-corrected chi connectivity index (χ0v) is 16.6. The molecule has 0 aromatic heterocycles.